The van der Waals surface area contributed by atoms with E-state index < -0.39 is 0 Å². The van der Waals surface area contributed by atoms with Gasteiger partial charge in [-0.3, -0.25) is 9.78 Å². The number of nitrogens with zero attached hydrogens (tertiary/aromatic N) is 3. The minimum absolute atomic E-state index is 0.176. The summed E-state index contributed by atoms with van der Waals surface area (Å²) in [5.41, 5.74) is 3.42. The Hall–Kier alpha value is -3.15. The van der Waals surface area contributed by atoms with Crippen molar-refractivity contribution in [2.24, 2.45) is 0 Å². The number of hydrogen-bond acceptors (Lipinski definition) is 4. The normalized spacial score (nSPS) is 13.4. The standard InChI is InChI=1S/C20H20N4O2/c1-26-17-4-2-3-16(11-17)24-19(15-5-6-15)12-18(23-24)20(25)22-13-14-7-9-21-10-8-14/h2-4,7-12,15H,5-6,13H2,1H3,(H,22,25). The van der Waals surface area contributed by atoms with Crippen LogP contribution in [0, 0.1) is 0 Å². The first-order valence-electron chi connectivity index (χ1n) is 8.66. The number of aromatic nitrogens is 3. The molecule has 2 aromatic heterocycles. The summed E-state index contributed by atoms with van der Waals surface area (Å²) in [5.74, 6) is 1.06. The maximum Gasteiger partial charge on any atom is 0.272 e. The fourth-order valence-corrected chi connectivity index (χ4v) is 2.90. The Kier molecular flexibility index (Phi) is 4.39. The highest BCUT2D eigenvalue weighted by molar-refractivity contribution is 5.92. The van der Waals surface area contributed by atoms with Crippen LogP contribution < -0.4 is 10.1 Å². The number of amides is 1. The molecule has 0 unspecified atom stereocenters. The Morgan fingerprint density at radius 1 is 1.23 bits per heavy atom. The second kappa shape index (κ2) is 7.00. The number of methoxy groups -OCH3 is 1. The number of nitrogens with one attached hydrogen (secondary N) is 1. The van der Waals surface area contributed by atoms with Gasteiger partial charge in [0, 0.05) is 36.6 Å². The van der Waals surface area contributed by atoms with Crippen molar-refractivity contribution in [1.29, 1.82) is 0 Å². The fourth-order valence-electron chi connectivity index (χ4n) is 2.90. The van der Waals surface area contributed by atoms with Gasteiger partial charge < -0.3 is 10.1 Å². The zero-order valence-electron chi connectivity index (χ0n) is 14.6. The van der Waals surface area contributed by atoms with Gasteiger partial charge in [0.05, 0.1) is 12.8 Å². The topological polar surface area (TPSA) is 69.0 Å². The molecule has 3 aromatic rings. The van der Waals surface area contributed by atoms with Gasteiger partial charge in [-0.2, -0.15) is 5.10 Å². The van der Waals surface area contributed by atoms with E-state index in [9.17, 15) is 4.79 Å². The summed E-state index contributed by atoms with van der Waals surface area (Å²) in [6.07, 6.45) is 5.69. The van der Waals surface area contributed by atoms with Crippen molar-refractivity contribution in [3.63, 3.8) is 0 Å². The molecule has 6 nitrogen and oxygen atoms in total. The molecule has 0 saturated heterocycles. The van der Waals surface area contributed by atoms with E-state index in [2.05, 4.69) is 15.4 Å². The van der Waals surface area contributed by atoms with E-state index in [0.29, 0.717) is 18.2 Å². The van der Waals surface area contributed by atoms with Gasteiger partial charge in [0.1, 0.15) is 5.75 Å². The molecule has 0 atom stereocenters. The van der Waals surface area contributed by atoms with E-state index in [4.69, 9.17) is 4.74 Å². The molecule has 0 aliphatic heterocycles. The summed E-state index contributed by atoms with van der Waals surface area (Å²) in [4.78, 5) is 16.5. The van der Waals surface area contributed by atoms with Crippen molar-refractivity contribution in [3.8, 4) is 11.4 Å². The number of carbonyl (C=O) groups excluding carboxylic acids is 1. The van der Waals surface area contributed by atoms with E-state index in [0.717, 1.165) is 35.5 Å². The van der Waals surface area contributed by atoms with Crippen LogP contribution >= 0.6 is 0 Å². The Morgan fingerprint density at radius 2 is 2.04 bits per heavy atom. The lowest BCUT2D eigenvalue weighted by atomic mass is 10.2. The summed E-state index contributed by atoms with van der Waals surface area (Å²) < 4.78 is 7.17. The Labute approximate surface area is 151 Å². The van der Waals surface area contributed by atoms with Crippen LogP contribution in [0.3, 0.4) is 0 Å². The van der Waals surface area contributed by atoms with Crippen LogP contribution in [-0.2, 0) is 6.54 Å². The lowest BCUT2D eigenvalue weighted by Gasteiger charge is -2.08. The van der Waals surface area contributed by atoms with Gasteiger partial charge in [-0.1, -0.05) is 6.07 Å². The number of rotatable bonds is 6. The second-order valence-corrected chi connectivity index (χ2v) is 6.38. The SMILES string of the molecule is COc1cccc(-n2nc(C(=O)NCc3ccncc3)cc2C2CC2)c1. The van der Waals surface area contributed by atoms with E-state index >= 15 is 0 Å². The van der Waals surface area contributed by atoms with Crippen molar-refractivity contribution < 1.29 is 9.53 Å². The van der Waals surface area contributed by atoms with Crippen molar-refractivity contribution in [3.05, 3.63) is 71.8 Å². The summed E-state index contributed by atoms with van der Waals surface area (Å²) >= 11 is 0. The van der Waals surface area contributed by atoms with E-state index in [1.165, 1.54) is 0 Å². The van der Waals surface area contributed by atoms with Crippen LogP contribution in [0.5, 0.6) is 5.75 Å². The minimum Gasteiger partial charge on any atom is -0.497 e. The van der Waals surface area contributed by atoms with Crippen LogP contribution in [0.15, 0.2) is 54.9 Å². The van der Waals surface area contributed by atoms with E-state index in [1.807, 2.05) is 47.1 Å². The molecule has 1 aliphatic carbocycles. The molecule has 1 N–H and O–H groups in total. The number of carbonyl (C=O) groups is 1. The second-order valence-electron chi connectivity index (χ2n) is 6.38. The number of ether oxygens (including phenoxy) is 1. The summed E-state index contributed by atoms with van der Waals surface area (Å²) in [6.45, 7) is 0.451. The third kappa shape index (κ3) is 3.44. The van der Waals surface area contributed by atoms with Crippen molar-refractivity contribution >= 4 is 5.91 Å². The van der Waals surface area contributed by atoms with Gasteiger partial charge >= 0.3 is 0 Å². The van der Waals surface area contributed by atoms with Crippen molar-refractivity contribution in [1.82, 2.24) is 20.1 Å². The molecule has 1 saturated carbocycles. The zero-order chi connectivity index (χ0) is 17.9. The molecule has 2 heterocycles. The maximum absolute atomic E-state index is 12.6. The maximum atomic E-state index is 12.6. The average molecular weight is 348 g/mol. The smallest absolute Gasteiger partial charge is 0.272 e. The van der Waals surface area contributed by atoms with Gasteiger partial charge in [0.25, 0.3) is 5.91 Å². The highest BCUT2D eigenvalue weighted by Crippen LogP contribution is 2.41. The summed E-state index contributed by atoms with van der Waals surface area (Å²) in [5, 5.41) is 7.49. The van der Waals surface area contributed by atoms with Gasteiger partial charge in [-0.25, -0.2) is 4.68 Å². The van der Waals surface area contributed by atoms with Crippen LogP contribution in [0.25, 0.3) is 5.69 Å². The quantitative estimate of drug-likeness (QED) is 0.743. The Balaban J connectivity index is 1.58. The van der Waals surface area contributed by atoms with Crippen LogP contribution in [-0.4, -0.2) is 27.8 Å². The Morgan fingerprint density at radius 3 is 2.77 bits per heavy atom. The molecule has 0 radical (unpaired) electrons. The first kappa shape index (κ1) is 16.3. The number of hydrogen-bond donors (Lipinski definition) is 1. The Bertz CT molecular complexity index is 917. The third-order valence-electron chi connectivity index (χ3n) is 4.47. The molecule has 6 heteroatoms. The van der Waals surface area contributed by atoms with Gasteiger partial charge in [-0.15, -0.1) is 0 Å². The molecule has 1 amide bonds. The predicted molar refractivity (Wildman–Crippen MR) is 97.5 cm³/mol. The lowest BCUT2D eigenvalue weighted by Crippen LogP contribution is -2.23. The highest BCUT2D eigenvalue weighted by atomic mass is 16.5. The van der Waals surface area contributed by atoms with Crippen LogP contribution in [0.2, 0.25) is 0 Å². The third-order valence-corrected chi connectivity index (χ3v) is 4.47. The van der Waals surface area contributed by atoms with E-state index in [1.54, 1.807) is 19.5 Å². The molecule has 4 rings (SSSR count). The van der Waals surface area contributed by atoms with E-state index in [-0.39, 0.29) is 5.91 Å². The van der Waals surface area contributed by atoms with Gasteiger partial charge in [0.15, 0.2) is 5.69 Å². The molecule has 26 heavy (non-hydrogen) atoms. The van der Waals surface area contributed by atoms with Gasteiger partial charge in [0.2, 0.25) is 0 Å². The first-order chi connectivity index (χ1) is 12.7. The minimum atomic E-state index is -0.176. The molecule has 1 aromatic carbocycles. The number of benzene rings is 1. The van der Waals surface area contributed by atoms with Crippen LogP contribution in [0.1, 0.15) is 40.5 Å². The zero-order valence-corrected chi connectivity index (χ0v) is 14.6. The fraction of sp³-hybridized carbons (Fsp3) is 0.250. The molecular formula is C20H20N4O2. The average Bonchev–Trinajstić information content (AvgIpc) is 3.45. The molecular weight excluding hydrogens is 328 g/mol. The molecule has 1 fully saturated rings. The summed E-state index contributed by atoms with van der Waals surface area (Å²) in [7, 11) is 1.64. The molecule has 0 bridgehead atoms. The molecule has 132 valence electrons. The van der Waals surface area contributed by atoms with Crippen LogP contribution in [0.4, 0.5) is 0 Å². The first-order valence-corrected chi connectivity index (χ1v) is 8.66. The predicted octanol–water partition coefficient (Wildman–Crippen LogP) is 3.08. The van der Waals surface area contributed by atoms with Crippen molar-refractivity contribution in [2.75, 3.05) is 7.11 Å². The monoisotopic (exact) mass is 348 g/mol. The van der Waals surface area contributed by atoms with Gasteiger partial charge in [-0.05, 0) is 48.7 Å². The highest BCUT2D eigenvalue weighted by Gasteiger charge is 2.29. The largest absolute Gasteiger partial charge is 0.497 e. The van der Waals surface area contributed by atoms with Crippen molar-refractivity contribution in [2.45, 2.75) is 25.3 Å². The lowest BCUT2D eigenvalue weighted by molar-refractivity contribution is 0.0945. The molecule has 0 spiro atoms. The number of pyridine rings is 1. The summed E-state index contributed by atoms with van der Waals surface area (Å²) in [6, 6.07) is 13.4. The molecule has 1 aliphatic rings.